The van der Waals surface area contributed by atoms with E-state index in [1.807, 2.05) is 12.1 Å². The Labute approximate surface area is 132 Å². The maximum Gasteiger partial charge on any atom is 0.330 e. The first-order valence-electron chi connectivity index (χ1n) is 6.77. The molecule has 0 unspecified atom stereocenters. The molecule has 0 saturated carbocycles. The fourth-order valence-corrected chi connectivity index (χ4v) is 4.12. The molecule has 3 nitrogen and oxygen atoms in total. The fraction of sp³-hybridized carbons (Fsp3) is 0.312. The molecule has 1 aliphatic heterocycles. The Morgan fingerprint density at radius 3 is 3.00 bits per heavy atom. The topological polar surface area (TPSA) is 29.5 Å². The van der Waals surface area contributed by atoms with E-state index in [1.54, 1.807) is 11.3 Å². The van der Waals surface area contributed by atoms with Crippen LogP contribution in [0.4, 0.5) is 0 Å². The van der Waals surface area contributed by atoms with Gasteiger partial charge in [-0.1, -0.05) is 11.6 Å². The standard InChI is InChI=1S/C16H16ClNO2S/c1-18-8-7-10-12(17)3-4-14-16(10)11(9-18)13(21-14)5-6-15(19)20-2/h3-6H,7-9H2,1-2H3. The van der Waals surface area contributed by atoms with Gasteiger partial charge in [-0.25, -0.2) is 4.79 Å². The van der Waals surface area contributed by atoms with Crippen molar-refractivity contribution >= 4 is 45.1 Å². The highest BCUT2D eigenvalue weighted by Gasteiger charge is 2.20. The van der Waals surface area contributed by atoms with Gasteiger partial charge < -0.3 is 9.64 Å². The molecular weight excluding hydrogens is 306 g/mol. The first kappa shape index (κ1) is 14.6. The number of benzene rings is 1. The lowest BCUT2D eigenvalue weighted by Crippen LogP contribution is -2.18. The number of carbonyl (C=O) groups excluding carboxylic acids is 1. The van der Waals surface area contributed by atoms with Gasteiger partial charge >= 0.3 is 5.97 Å². The van der Waals surface area contributed by atoms with E-state index in [4.69, 9.17) is 11.6 Å². The van der Waals surface area contributed by atoms with Crippen LogP contribution < -0.4 is 0 Å². The van der Waals surface area contributed by atoms with E-state index in [9.17, 15) is 4.79 Å². The van der Waals surface area contributed by atoms with Gasteiger partial charge in [0.05, 0.1) is 7.11 Å². The zero-order valence-electron chi connectivity index (χ0n) is 12.0. The minimum Gasteiger partial charge on any atom is -0.466 e. The molecule has 0 spiro atoms. The number of thiophene rings is 1. The summed E-state index contributed by atoms with van der Waals surface area (Å²) in [7, 11) is 3.50. The van der Waals surface area contributed by atoms with Crippen LogP contribution in [0.1, 0.15) is 16.0 Å². The van der Waals surface area contributed by atoms with Crippen LogP contribution in [0.15, 0.2) is 18.2 Å². The van der Waals surface area contributed by atoms with Crippen LogP contribution in [0.5, 0.6) is 0 Å². The number of halogens is 1. The van der Waals surface area contributed by atoms with E-state index < -0.39 is 0 Å². The third-order valence-electron chi connectivity index (χ3n) is 3.78. The van der Waals surface area contributed by atoms with Gasteiger partial charge in [0.25, 0.3) is 0 Å². The van der Waals surface area contributed by atoms with Crippen molar-refractivity contribution in [3.8, 4) is 0 Å². The molecule has 0 N–H and O–H groups in total. The molecule has 0 atom stereocenters. The molecule has 5 heteroatoms. The summed E-state index contributed by atoms with van der Waals surface area (Å²) in [4.78, 5) is 14.7. The Bertz CT molecular complexity index is 735. The molecule has 21 heavy (non-hydrogen) atoms. The quantitative estimate of drug-likeness (QED) is 0.623. The summed E-state index contributed by atoms with van der Waals surface area (Å²) in [5.41, 5.74) is 2.48. The maximum absolute atomic E-state index is 11.3. The average molecular weight is 322 g/mol. The lowest BCUT2D eigenvalue weighted by atomic mass is 10.0. The number of hydrogen-bond acceptors (Lipinski definition) is 4. The molecule has 3 rings (SSSR count). The molecule has 1 aromatic heterocycles. The summed E-state index contributed by atoms with van der Waals surface area (Å²) in [6.45, 7) is 1.85. The highest BCUT2D eigenvalue weighted by Crippen LogP contribution is 2.39. The molecule has 0 radical (unpaired) electrons. The van der Waals surface area contributed by atoms with Gasteiger partial charge in [-0.2, -0.15) is 0 Å². The van der Waals surface area contributed by atoms with E-state index in [0.29, 0.717) is 0 Å². The zero-order valence-corrected chi connectivity index (χ0v) is 13.6. The SMILES string of the molecule is COC(=O)C=Cc1sc2ccc(Cl)c3c2c1CN(C)CC3. The van der Waals surface area contributed by atoms with Crippen LogP contribution in [0.3, 0.4) is 0 Å². The van der Waals surface area contributed by atoms with Crippen molar-refractivity contribution in [1.82, 2.24) is 4.90 Å². The normalized spacial score (nSPS) is 15.6. The number of ether oxygens (including phenoxy) is 1. The number of carbonyl (C=O) groups is 1. The Morgan fingerprint density at radius 1 is 1.43 bits per heavy atom. The number of esters is 1. The second kappa shape index (κ2) is 5.79. The minimum absolute atomic E-state index is 0.333. The Kier molecular flexibility index (Phi) is 4.02. The van der Waals surface area contributed by atoms with Crippen molar-refractivity contribution in [2.75, 3.05) is 20.7 Å². The monoisotopic (exact) mass is 321 g/mol. The van der Waals surface area contributed by atoms with Crippen molar-refractivity contribution in [3.63, 3.8) is 0 Å². The first-order chi connectivity index (χ1) is 10.1. The molecule has 0 saturated heterocycles. The Hall–Kier alpha value is -1.36. The van der Waals surface area contributed by atoms with E-state index in [0.717, 1.165) is 29.4 Å². The second-order valence-electron chi connectivity index (χ2n) is 5.19. The molecule has 110 valence electrons. The molecule has 2 heterocycles. The van der Waals surface area contributed by atoms with Gasteiger partial charge in [0.1, 0.15) is 0 Å². The molecular formula is C16H16ClNO2S. The van der Waals surface area contributed by atoms with E-state index in [1.165, 1.54) is 34.4 Å². The predicted octanol–water partition coefficient (Wildman–Crippen LogP) is 3.73. The van der Waals surface area contributed by atoms with Crippen molar-refractivity contribution in [2.45, 2.75) is 13.0 Å². The Morgan fingerprint density at radius 2 is 2.24 bits per heavy atom. The van der Waals surface area contributed by atoms with Gasteiger partial charge in [-0.15, -0.1) is 11.3 Å². The fourth-order valence-electron chi connectivity index (χ4n) is 2.72. The molecule has 0 bridgehead atoms. The molecule has 0 amide bonds. The van der Waals surface area contributed by atoms with Gasteiger partial charge in [0, 0.05) is 39.2 Å². The maximum atomic E-state index is 11.3. The summed E-state index contributed by atoms with van der Waals surface area (Å²) >= 11 is 8.08. The van der Waals surface area contributed by atoms with E-state index in [-0.39, 0.29) is 5.97 Å². The molecule has 1 aromatic carbocycles. The van der Waals surface area contributed by atoms with Crippen LogP contribution in [-0.4, -0.2) is 31.6 Å². The summed E-state index contributed by atoms with van der Waals surface area (Å²) in [6, 6.07) is 4.04. The van der Waals surface area contributed by atoms with Crippen LogP contribution in [0.2, 0.25) is 5.02 Å². The van der Waals surface area contributed by atoms with Crippen molar-refractivity contribution in [2.24, 2.45) is 0 Å². The number of likely N-dealkylation sites (N-methyl/N-ethyl adjacent to an activating group) is 1. The predicted molar refractivity (Wildman–Crippen MR) is 87.9 cm³/mol. The van der Waals surface area contributed by atoms with Crippen LogP contribution in [0.25, 0.3) is 16.2 Å². The molecule has 0 fully saturated rings. The van der Waals surface area contributed by atoms with Gasteiger partial charge in [-0.05, 0) is 42.8 Å². The summed E-state index contributed by atoms with van der Waals surface area (Å²) in [5, 5.41) is 2.10. The Balaban J connectivity index is 2.18. The summed E-state index contributed by atoms with van der Waals surface area (Å²) in [5.74, 6) is -0.333. The van der Waals surface area contributed by atoms with Gasteiger partial charge in [-0.3, -0.25) is 0 Å². The molecule has 1 aliphatic rings. The average Bonchev–Trinajstić information content (AvgIpc) is 2.70. The molecule has 2 aromatic rings. The van der Waals surface area contributed by atoms with Crippen LogP contribution in [0, 0.1) is 0 Å². The lowest BCUT2D eigenvalue weighted by molar-refractivity contribution is -0.134. The summed E-state index contributed by atoms with van der Waals surface area (Å²) in [6.07, 6.45) is 4.28. The van der Waals surface area contributed by atoms with Crippen molar-refractivity contribution < 1.29 is 9.53 Å². The summed E-state index contributed by atoms with van der Waals surface area (Å²) < 4.78 is 5.90. The van der Waals surface area contributed by atoms with E-state index in [2.05, 4.69) is 22.8 Å². The van der Waals surface area contributed by atoms with Crippen molar-refractivity contribution in [1.29, 1.82) is 0 Å². The number of rotatable bonds is 2. The number of nitrogens with zero attached hydrogens (tertiary/aromatic N) is 1. The lowest BCUT2D eigenvalue weighted by Gasteiger charge is -2.13. The highest BCUT2D eigenvalue weighted by atomic mass is 35.5. The van der Waals surface area contributed by atoms with Crippen LogP contribution >= 0.6 is 22.9 Å². The van der Waals surface area contributed by atoms with Crippen LogP contribution in [-0.2, 0) is 22.5 Å². The third kappa shape index (κ3) is 2.71. The zero-order chi connectivity index (χ0) is 15.0. The first-order valence-corrected chi connectivity index (χ1v) is 7.97. The van der Waals surface area contributed by atoms with Gasteiger partial charge in [0.2, 0.25) is 0 Å². The molecule has 0 aliphatic carbocycles. The number of hydrogen-bond donors (Lipinski definition) is 0. The second-order valence-corrected chi connectivity index (χ2v) is 6.68. The highest BCUT2D eigenvalue weighted by molar-refractivity contribution is 7.20. The minimum atomic E-state index is -0.333. The largest absolute Gasteiger partial charge is 0.466 e. The smallest absolute Gasteiger partial charge is 0.330 e. The third-order valence-corrected chi connectivity index (χ3v) is 5.30. The van der Waals surface area contributed by atoms with E-state index >= 15 is 0 Å². The van der Waals surface area contributed by atoms with Crippen molar-refractivity contribution in [3.05, 3.63) is 39.2 Å². The number of methoxy groups -OCH3 is 1. The van der Waals surface area contributed by atoms with Gasteiger partial charge in [0.15, 0.2) is 0 Å².